The highest BCUT2D eigenvalue weighted by Gasteiger charge is 2.44. The van der Waals surface area contributed by atoms with Crippen molar-refractivity contribution in [3.8, 4) is 0 Å². The Labute approximate surface area is 118 Å². The van der Waals surface area contributed by atoms with Gasteiger partial charge in [0.1, 0.15) is 0 Å². The first-order chi connectivity index (χ1) is 9.34. The summed E-state index contributed by atoms with van der Waals surface area (Å²) in [4.78, 5) is 2.83. The summed E-state index contributed by atoms with van der Waals surface area (Å²) in [6, 6.07) is 11.3. The first-order valence-corrected chi connectivity index (χ1v) is 8.14. The van der Waals surface area contributed by atoms with Gasteiger partial charge < -0.3 is 0 Å². The van der Waals surface area contributed by atoms with E-state index in [1.54, 1.807) is 5.56 Å². The third kappa shape index (κ3) is 2.33. The average molecular weight is 257 g/mol. The molecule has 1 aliphatic carbocycles. The van der Waals surface area contributed by atoms with E-state index in [4.69, 9.17) is 0 Å². The molecular formula is C18H27N. The van der Waals surface area contributed by atoms with Gasteiger partial charge in [0.25, 0.3) is 0 Å². The van der Waals surface area contributed by atoms with Gasteiger partial charge in [-0.05, 0) is 50.3 Å². The van der Waals surface area contributed by atoms with Gasteiger partial charge >= 0.3 is 0 Å². The van der Waals surface area contributed by atoms with Gasteiger partial charge in [0.2, 0.25) is 0 Å². The molecule has 1 aliphatic heterocycles. The van der Waals surface area contributed by atoms with Crippen LogP contribution in [-0.2, 0) is 5.54 Å². The third-order valence-electron chi connectivity index (χ3n) is 5.45. The molecule has 1 saturated carbocycles. The van der Waals surface area contributed by atoms with Crippen LogP contribution < -0.4 is 0 Å². The van der Waals surface area contributed by atoms with E-state index in [9.17, 15) is 0 Å². The molecule has 1 heterocycles. The van der Waals surface area contributed by atoms with Gasteiger partial charge in [-0.2, -0.15) is 0 Å². The maximum atomic E-state index is 2.83. The largest absolute Gasteiger partial charge is 0.293 e. The minimum absolute atomic E-state index is 0.333. The van der Waals surface area contributed by atoms with E-state index in [1.807, 2.05) is 0 Å². The van der Waals surface area contributed by atoms with E-state index < -0.39 is 0 Å². The van der Waals surface area contributed by atoms with Crippen LogP contribution >= 0.6 is 0 Å². The zero-order chi connectivity index (χ0) is 13.1. The summed E-state index contributed by atoms with van der Waals surface area (Å²) in [5.74, 6) is 0.793. The van der Waals surface area contributed by atoms with Crippen LogP contribution in [-0.4, -0.2) is 18.0 Å². The molecule has 104 valence electrons. The fraction of sp³-hybridized carbons (Fsp3) is 0.667. The van der Waals surface area contributed by atoms with Crippen LogP contribution in [0.15, 0.2) is 30.3 Å². The Balaban J connectivity index is 1.99. The van der Waals surface area contributed by atoms with Crippen LogP contribution in [0.1, 0.15) is 57.4 Å². The van der Waals surface area contributed by atoms with Crippen molar-refractivity contribution >= 4 is 0 Å². The SMILES string of the molecule is C[C@H]1CCCC[C@@]1(c1ccccc1)N1CCCCC1. The lowest BCUT2D eigenvalue weighted by molar-refractivity contribution is -0.0110. The third-order valence-corrected chi connectivity index (χ3v) is 5.45. The van der Waals surface area contributed by atoms with E-state index in [-0.39, 0.29) is 0 Å². The summed E-state index contributed by atoms with van der Waals surface area (Å²) in [6.45, 7) is 5.10. The van der Waals surface area contributed by atoms with E-state index in [1.165, 1.54) is 58.0 Å². The molecule has 0 amide bonds. The molecule has 1 heteroatoms. The number of hydrogen-bond acceptors (Lipinski definition) is 1. The van der Waals surface area contributed by atoms with Gasteiger partial charge in [-0.25, -0.2) is 0 Å². The first-order valence-electron chi connectivity index (χ1n) is 8.14. The summed E-state index contributed by atoms with van der Waals surface area (Å²) in [6.07, 6.45) is 9.78. The zero-order valence-electron chi connectivity index (χ0n) is 12.3. The quantitative estimate of drug-likeness (QED) is 0.749. The Kier molecular flexibility index (Phi) is 3.93. The van der Waals surface area contributed by atoms with E-state index in [0.29, 0.717) is 5.54 Å². The molecule has 0 N–H and O–H groups in total. The smallest absolute Gasteiger partial charge is 0.0486 e. The molecule has 0 spiro atoms. The number of nitrogens with zero attached hydrogens (tertiary/aromatic N) is 1. The molecule has 2 aliphatic rings. The predicted octanol–water partition coefficient (Wildman–Crippen LogP) is 4.58. The van der Waals surface area contributed by atoms with Crippen molar-refractivity contribution in [2.45, 2.75) is 57.4 Å². The molecule has 3 rings (SSSR count). The molecular weight excluding hydrogens is 230 g/mol. The molecule has 1 nitrogen and oxygen atoms in total. The molecule has 0 bridgehead atoms. The van der Waals surface area contributed by atoms with Crippen LogP contribution in [0.25, 0.3) is 0 Å². The number of benzene rings is 1. The average Bonchev–Trinajstić information content (AvgIpc) is 2.50. The molecule has 19 heavy (non-hydrogen) atoms. The molecule has 0 radical (unpaired) electrons. The Morgan fingerprint density at radius 2 is 1.68 bits per heavy atom. The van der Waals surface area contributed by atoms with Crippen molar-refractivity contribution in [3.05, 3.63) is 35.9 Å². The van der Waals surface area contributed by atoms with Gasteiger partial charge in [0, 0.05) is 5.54 Å². The second-order valence-electron chi connectivity index (χ2n) is 6.48. The van der Waals surface area contributed by atoms with Crippen molar-refractivity contribution in [2.75, 3.05) is 13.1 Å². The molecule has 0 unspecified atom stereocenters. The van der Waals surface area contributed by atoms with Crippen LogP contribution in [0.4, 0.5) is 0 Å². The molecule has 2 fully saturated rings. The van der Waals surface area contributed by atoms with Crippen molar-refractivity contribution < 1.29 is 0 Å². The van der Waals surface area contributed by atoms with Crippen molar-refractivity contribution in [1.82, 2.24) is 4.90 Å². The first kappa shape index (κ1) is 13.2. The lowest BCUT2D eigenvalue weighted by Crippen LogP contribution is -2.53. The minimum Gasteiger partial charge on any atom is -0.293 e. The number of hydrogen-bond donors (Lipinski definition) is 0. The standard InChI is InChI=1S/C18H27N/c1-16-10-6-7-13-18(16,17-11-4-2-5-12-17)19-14-8-3-9-15-19/h2,4-5,11-12,16H,3,6-10,13-15H2,1H3/t16-,18+/m0/s1. The normalized spacial score (nSPS) is 33.2. The summed E-state index contributed by atoms with van der Waals surface area (Å²) in [5.41, 5.74) is 1.91. The highest BCUT2D eigenvalue weighted by Crippen LogP contribution is 2.47. The van der Waals surface area contributed by atoms with Crippen molar-refractivity contribution in [3.63, 3.8) is 0 Å². The van der Waals surface area contributed by atoms with E-state index in [2.05, 4.69) is 42.2 Å². The second kappa shape index (κ2) is 5.66. The highest BCUT2D eigenvalue weighted by molar-refractivity contribution is 5.26. The molecule has 1 saturated heterocycles. The molecule has 1 aromatic carbocycles. The van der Waals surface area contributed by atoms with E-state index in [0.717, 1.165) is 5.92 Å². The molecule has 2 atom stereocenters. The highest BCUT2D eigenvalue weighted by atomic mass is 15.2. The fourth-order valence-corrected chi connectivity index (χ4v) is 4.43. The summed E-state index contributed by atoms with van der Waals surface area (Å²) in [5, 5.41) is 0. The van der Waals surface area contributed by atoms with Gasteiger partial charge in [0.05, 0.1) is 0 Å². The number of piperidine rings is 1. The van der Waals surface area contributed by atoms with Crippen molar-refractivity contribution in [1.29, 1.82) is 0 Å². The lowest BCUT2D eigenvalue weighted by Gasteiger charge is -2.52. The summed E-state index contributed by atoms with van der Waals surface area (Å²) >= 11 is 0. The van der Waals surface area contributed by atoms with Crippen LogP contribution in [0, 0.1) is 5.92 Å². The van der Waals surface area contributed by atoms with Crippen LogP contribution in [0.5, 0.6) is 0 Å². The van der Waals surface area contributed by atoms with Crippen LogP contribution in [0.2, 0.25) is 0 Å². The Morgan fingerprint density at radius 3 is 2.37 bits per heavy atom. The summed E-state index contributed by atoms with van der Waals surface area (Å²) < 4.78 is 0. The second-order valence-corrected chi connectivity index (χ2v) is 6.48. The molecule has 1 aromatic rings. The lowest BCUT2D eigenvalue weighted by atomic mass is 9.68. The molecule has 0 aromatic heterocycles. The monoisotopic (exact) mass is 257 g/mol. The summed E-state index contributed by atoms with van der Waals surface area (Å²) in [7, 11) is 0. The predicted molar refractivity (Wildman–Crippen MR) is 81.2 cm³/mol. The van der Waals surface area contributed by atoms with E-state index >= 15 is 0 Å². The number of likely N-dealkylation sites (tertiary alicyclic amines) is 1. The maximum absolute atomic E-state index is 2.83. The Morgan fingerprint density at radius 1 is 0.947 bits per heavy atom. The van der Waals surface area contributed by atoms with Crippen molar-refractivity contribution in [2.24, 2.45) is 5.92 Å². The topological polar surface area (TPSA) is 3.24 Å². The van der Waals surface area contributed by atoms with Gasteiger partial charge in [-0.1, -0.05) is 56.5 Å². The minimum atomic E-state index is 0.333. The Hall–Kier alpha value is -0.820. The van der Waals surface area contributed by atoms with Crippen LogP contribution in [0.3, 0.4) is 0 Å². The van der Waals surface area contributed by atoms with Gasteiger partial charge in [-0.15, -0.1) is 0 Å². The zero-order valence-corrected chi connectivity index (χ0v) is 12.3. The van der Waals surface area contributed by atoms with Gasteiger partial charge in [-0.3, -0.25) is 4.90 Å². The maximum Gasteiger partial charge on any atom is 0.0486 e. The fourth-order valence-electron chi connectivity index (χ4n) is 4.43. The number of rotatable bonds is 2. The van der Waals surface area contributed by atoms with Gasteiger partial charge in [0.15, 0.2) is 0 Å². The Bertz CT molecular complexity index is 393.